The maximum absolute atomic E-state index is 12.5. The van der Waals surface area contributed by atoms with Gasteiger partial charge in [0.05, 0.1) is 24.3 Å². The molecular formula is C24H43N4O9P. The van der Waals surface area contributed by atoms with Crippen molar-refractivity contribution in [1.29, 1.82) is 0 Å². The zero-order valence-electron chi connectivity index (χ0n) is 23.7. The second kappa shape index (κ2) is 13.5. The number of hydrogen-bond donors (Lipinski definition) is 5. The van der Waals surface area contributed by atoms with Crippen LogP contribution in [0, 0.1) is 0 Å². The molecule has 0 aliphatic heterocycles. The Balaban J connectivity index is 3.50. The van der Waals surface area contributed by atoms with Gasteiger partial charge in [-0.2, -0.15) is 0 Å². The number of amides is 3. The van der Waals surface area contributed by atoms with Crippen LogP contribution < -0.4 is 16.0 Å². The summed E-state index contributed by atoms with van der Waals surface area (Å²) in [5, 5.41) is 7.73. The van der Waals surface area contributed by atoms with Crippen LogP contribution in [-0.4, -0.2) is 69.3 Å². The van der Waals surface area contributed by atoms with E-state index in [1.807, 2.05) is 13.8 Å². The van der Waals surface area contributed by atoms with Crippen LogP contribution in [0.25, 0.3) is 0 Å². The molecular weight excluding hydrogens is 519 g/mol. The van der Waals surface area contributed by atoms with E-state index >= 15 is 0 Å². The first-order valence-electron chi connectivity index (χ1n) is 12.5. The van der Waals surface area contributed by atoms with Gasteiger partial charge < -0.3 is 34.6 Å². The molecule has 14 heteroatoms. The van der Waals surface area contributed by atoms with Gasteiger partial charge in [-0.25, -0.2) is 9.59 Å². The Kier molecular flexibility index (Phi) is 12.0. The lowest BCUT2D eigenvalue weighted by atomic mass is 9.92. The third-order valence-corrected chi connectivity index (χ3v) is 6.20. The minimum atomic E-state index is -4.71. The molecule has 0 radical (unpaired) electrons. The highest BCUT2D eigenvalue weighted by Gasteiger charge is 2.41. The predicted molar refractivity (Wildman–Crippen MR) is 142 cm³/mol. The maximum Gasteiger partial charge on any atom is 0.437 e. The highest BCUT2D eigenvalue weighted by atomic mass is 31.2. The minimum absolute atomic E-state index is 0.221. The van der Waals surface area contributed by atoms with Crippen molar-refractivity contribution in [3.8, 4) is 0 Å². The number of ether oxygens (including phenoxy) is 3. The summed E-state index contributed by atoms with van der Waals surface area (Å²) in [7, 11) is -4.71. The number of alkyl carbamates (subject to hydrolysis) is 1. The van der Waals surface area contributed by atoms with Crippen LogP contribution in [0.3, 0.4) is 0 Å². The molecule has 13 nitrogen and oxygen atoms in total. The van der Waals surface area contributed by atoms with Gasteiger partial charge >= 0.3 is 19.8 Å². The monoisotopic (exact) mass is 562 g/mol. The molecule has 5 N–H and O–H groups in total. The van der Waals surface area contributed by atoms with Gasteiger partial charge in [-0.15, -0.1) is 4.99 Å². The van der Waals surface area contributed by atoms with E-state index in [2.05, 4.69) is 20.9 Å². The number of carbonyl (C=O) groups excluding carboxylic acids is 3. The fraction of sp³-hybridized carbons (Fsp3) is 0.750. The topological polar surface area (TPSA) is 185 Å². The smallest absolute Gasteiger partial charge is 0.437 e. The number of nitrogens with one attached hydrogen (secondary N) is 3. The summed E-state index contributed by atoms with van der Waals surface area (Å²) in [6, 6.07) is -1.80. The number of carbonyl (C=O) groups is 3. The van der Waals surface area contributed by atoms with Crippen LogP contribution >= 0.6 is 7.60 Å². The van der Waals surface area contributed by atoms with Gasteiger partial charge in [0.2, 0.25) is 11.9 Å². The molecule has 218 valence electrons. The highest BCUT2D eigenvalue weighted by molar-refractivity contribution is 7.56. The number of hydrogen-bond acceptors (Lipinski definition) is 7. The van der Waals surface area contributed by atoms with Crippen LogP contribution in [0.5, 0.6) is 0 Å². The number of rotatable bonds is 7. The lowest BCUT2D eigenvalue weighted by molar-refractivity contribution is -0.121. The predicted octanol–water partition coefficient (Wildman–Crippen LogP) is 3.30. The second-order valence-corrected chi connectivity index (χ2v) is 12.7. The van der Waals surface area contributed by atoms with Crippen LogP contribution in [0.15, 0.2) is 16.4 Å². The van der Waals surface area contributed by atoms with Crippen molar-refractivity contribution in [1.82, 2.24) is 16.0 Å². The Morgan fingerprint density at radius 3 is 2.05 bits per heavy atom. The molecule has 0 bridgehead atoms. The third kappa shape index (κ3) is 12.4. The summed E-state index contributed by atoms with van der Waals surface area (Å²) in [5.41, 5.74) is -1.75. The Hall–Kier alpha value is -2.47. The average molecular weight is 563 g/mol. The molecule has 0 aromatic carbocycles. The Morgan fingerprint density at radius 1 is 1.05 bits per heavy atom. The van der Waals surface area contributed by atoms with Gasteiger partial charge in [0.15, 0.2) is 0 Å². The Morgan fingerprint density at radius 2 is 1.61 bits per heavy atom. The zero-order valence-corrected chi connectivity index (χ0v) is 24.5. The third-order valence-electron chi connectivity index (χ3n) is 5.12. The van der Waals surface area contributed by atoms with Crippen molar-refractivity contribution >= 4 is 31.6 Å². The molecule has 3 amide bonds. The second-order valence-electron chi connectivity index (χ2n) is 11.0. The van der Waals surface area contributed by atoms with Gasteiger partial charge in [-0.3, -0.25) is 14.7 Å². The molecule has 0 aromatic heterocycles. The molecule has 0 heterocycles. The van der Waals surface area contributed by atoms with Crippen LogP contribution in [-0.2, 0) is 23.6 Å². The van der Waals surface area contributed by atoms with Crippen molar-refractivity contribution < 1.29 is 42.9 Å². The molecule has 0 fully saturated rings. The van der Waals surface area contributed by atoms with Gasteiger partial charge in [0.1, 0.15) is 11.2 Å². The molecule has 1 rings (SSSR count). The zero-order chi connectivity index (χ0) is 29.5. The van der Waals surface area contributed by atoms with E-state index in [9.17, 15) is 28.7 Å². The molecule has 0 saturated heterocycles. The fourth-order valence-electron chi connectivity index (χ4n) is 3.59. The lowest BCUT2D eigenvalue weighted by Crippen LogP contribution is -2.61. The Labute approximate surface area is 224 Å². The van der Waals surface area contributed by atoms with Crippen molar-refractivity contribution in [3.63, 3.8) is 0 Å². The van der Waals surface area contributed by atoms with E-state index in [0.717, 1.165) is 0 Å². The summed E-state index contributed by atoms with van der Waals surface area (Å²) < 4.78 is 28.8. The summed E-state index contributed by atoms with van der Waals surface area (Å²) in [5.74, 6) is -0.805. The van der Waals surface area contributed by atoms with E-state index in [0.29, 0.717) is 12.8 Å². The highest BCUT2D eigenvalue weighted by Crippen LogP contribution is 2.49. The van der Waals surface area contributed by atoms with Crippen molar-refractivity contribution in [3.05, 3.63) is 11.4 Å². The lowest BCUT2D eigenvalue weighted by Gasteiger charge is -2.39. The molecule has 1 aliphatic carbocycles. The fourth-order valence-corrected chi connectivity index (χ4v) is 4.37. The maximum atomic E-state index is 12.5. The van der Waals surface area contributed by atoms with Crippen LogP contribution in [0.4, 0.5) is 9.59 Å². The van der Waals surface area contributed by atoms with Crippen LogP contribution in [0.2, 0.25) is 0 Å². The SMILES string of the molecule is CCC(CC)O[C@@H]1C=C(P(=O)(O)O)C[C@H](NC(=NC(=O)OC(C)(C)C)NC(=O)OC(C)(C)C)[C@H]1NC(C)=O. The summed E-state index contributed by atoms with van der Waals surface area (Å²) in [6.07, 6.45) is -0.815. The average Bonchev–Trinajstić information content (AvgIpc) is 2.69. The van der Waals surface area contributed by atoms with E-state index in [1.165, 1.54) is 13.0 Å². The molecule has 3 atom stereocenters. The molecule has 38 heavy (non-hydrogen) atoms. The van der Waals surface area contributed by atoms with Gasteiger partial charge in [-0.1, -0.05) is 13.8 Å². The molecule has 0 unspecified atom stereocenters. The Bertz CT molecular complexity index is 959. The summed E-state index contributed by atoms with van der Waals surface area (Å²) in [6.45, 7) is 15.0. The first kappa shape index (κ1) is 33.6. The van der Waals surface area contributed by atoms with E-state index in [-0.39, 0.29) is 23.8 Å². The molecule has 0 saturated carbocycles. The van der Waals surface area contributed by atoms with Crippen LogP contribution in [0.1, 0.15) is 81.6 Å². The van der Waals surface area contributed by atoms with Gasteiger partial charge in [0, 0.05) is 18.7 Å². The van der Waals surface area contributed by atoms with Crippen molar-refractivity contribution in [2.75, 3.05) is 0 Å². The number of nitrogens with zero attached hydrogens (tertiary/aromatic N) is 1. The molecule has 0 spiro atoms. The van der Waals surface area contributed by atoms with Crippen molar-refractivity contribution in [2.45, 2.75) is 117 Å². The first-order chi connectivity index (χ1) is 17.2. The summed E-state index contributed by atoms with van der Waals surface area (Å²) in [4.78, 5) is 60.8. The summed E-state index contributed by atoms with van der Waals surface area (Å²) >= 11 is 0. The molecule has 0 aromatic rings. The molecule has 1 aliphatic rings. The quantitative estimate of drug-likeness (QED) is 0.175. The first-order valence-corrected chi connectivity index (χ1v) is 14.1. The van der Waals surface area contributed by atoms with Gasteiger partial charge in [-0.05, 0) is 60.5 Å². The minimum Gasteiger partial charge on any atom is -0.444 e. The van der Waals surface area contributed by atoms with E-state index in [4.69, 9.17) is 14.2 Å². The number of aliphatic imine (C=N–C) groups is 1. The van der Waals surface area contributed by atoms with Crippen molar-refractivity contribution in [2.24, 2.45) is 4.99 Å². The van der Waals surface area contributed by atoms with E-state index in [1.54, 1.807) is 41.5 Å². The van der Waals surface area contributed by atoms with Gasteiger partial charge in [0.25, 0.3) is 0 Å². The standard InChI is InChI=1S/C24H43N4O9P/c1-10-15(11-2)35-18-13-16(38(32,33)34)12-17(19(18)25-14(3)29)26-20(27-21(30)36-23(4,5)6)28-22(31)37-24(7,8)9/h13,15,17-19H,10-12H2,1-9H3,(H,25,29)(H2,32,33,34)(H2,26,27,28,30,31)/t17-,18+,19+/m0/s1. The largest absolute Gasteiger partial charge is 0.444 e. The normalized spacial score (nSPS) is 20.9. The number of guanidine groups is 1. The van der Waals surface area contributed by atoms with E-state index < -0.39 is 55.1 Å².